The summed E-state index contributed by atoms with van der Waals surface area (Å²) >= 11 is 0. The topological polar surface area (TPSA) is 78.9 Å². The molecule has 0 saturated heterocycles. The minimum atomic E-state index is -0.447. The summed E-state index contributed by atoms with van der Waals surface area (Å²) in [4.78, 5) is 10.5. The third kappa shape index (κ3) is 4.69. The molecule has 0 aliphatic rings. The highest BCUT2D eigenvalue weighted by Gasteiger charge is 2.12. The smallest absolute Gasteiger partial charge is 0.220 e. The van der Waals surface area contributed by atoms with E-state index in [0.29, 0.717) is 0 Å². The summed E-state index contributed by atoms with van der Waals surface area (Å²) in [5.41, 5.74) is 4.96. The van der Waals surface area contributed by atoms with Crippen molar-refractivity contribution in [2.75, 3.05) is 0 Å². The van der Waals surface area contributed by atoms with Crippen LogP contribution in [0.4, 0.5) is 0 Å². The maximum Gasteiger partial charge on any atom is 0.220 e. The summed E-state index contributed by atoms with van der Waals surface area (Å²) in [6, 6.07) is 1.78. The predicted octanol–water partition coefficient (Wildman–Crippen LogP) is 0.142. The maximum atomic E-state index is 10.5. The van der Waals surface area contributed by atoms with Gasteiger partial charge in [0.25, 0.3) is 0 Å². The molecule has 0 aliphatic heterocycles. The summed E-state index contributed by atoms with van der Waals surface area (Å²) < 4.78 is 0. The van der Waals surface area contributed by atoms with Crippen LogP contribution in [0.3, 0.4) is 0 Å². The van der Waals surface area contributed by atoms with E-state index < -0.39 is 11.9 Å². The molecule has 0 heterocycles. The number of amides is 1. The van der Waals surface area contributed by atoms with Crippen molar-refractivity contribution >= 4 is 5.91 Å². The summed E-state index contributed by atoms with van der Waals surface area (Å²) in [5.74, 6) is -0.447. The minimum Gasteiger partial charge on any atom is -0.370 e. The normalized spacial score (nSPS) is 14.8. The lowest BCUT2D eigenvalue weighted by molar-refractivity contribution is -0.118. The van der Waals surface area contributed by atoms with Crippen LogP contribution in [0.15, 0.2) is 0 Å². The quantitative estimate of drug-likeness (QED) is 0.614. The van der Waals surface area contributed by atoms with Crippen molar-refractivity contribution in [1.29, 1.82) is 5.26 Å². The van der Waals surface area contributed by atoms with Crippen LogP contribution in [0.2, 0.25) is 0 Å². The molecule has 4 heteroatoms. The summed E-state index contributed by atoms with van der Waals surface area (Å²) in [7, 11) is 0. The summed E-state index contributed by atoms with van der Waals surface area (Å²) in [6.45, 7) is 3.97. The third-order valence-electron chi connectivity index (χ3n) is 1.66. The Morgan fingerprint density at radius 1 is 1.75 bits per heavy atom. The molecule has 12 heavy (non-hydrogen) atoms. The minimum absolute atomic E-state index is 0.0842. The molecule has 0 fully saturated rings. The zero-order valence-corrected chi connectivity index (χ0v) is 7.50. The first-order valence-electron chi connectivity index (χ1n) is 4.04. The molecule has 0 saturated carbocycles. The number of rotatable bonds is 5. The molecular formula is C8H15N3O. The number of nitrogens with zero attached hydrogens (tertiary/aromatic N) is 1. The Bertz CT molecular complexity index is 185. The fraction of sp³-hybridized carbons (Fsp3) is 0.750. The SMILES string of the molecule is CCC(C)NC(C#N)CC(N)=O. The van der Waals surface area contributed by atoms with Crippen molar-refractivity contribution < 1.29 is 4.79 Å². The van der Waals surface area contributed by atoms with E-state index in [1.165, 1.54) is 0 Å². The van der Waals surface area contributed by atoms with E-state index in [1.807, 2.05) is 19.9 Å². The number of hydrogen-bond donors (Lipinski definition) is 2. The number of carbonyl (C=O) groups is 1. The first-order valence-corrected chi connectivity index (χ1v) is 4.04. The lowest BCUT2D eigenvalue weighted by Gasteiger charge is -2.14. The molecule has 0 bridgehead atoms. The second-order valence-electron chi connectivity index (χ2n) is 2.83. The molecule has 0 spiro atoms. The summed E-state index contributed by atoms with van der Waals surface area (Å²) in [6.07, 6.45) is 1.01. The van der Waals surface area contributed by atoms with Crippen molar-refractivity contribution in [3.05, 3.63) is 0 Å². The molecule has 0 aliphatic carbocycles. The van der Waals surface area contributed by atoms with Crippen LogP contribution in [0.1, 0.15) is 26.7 Å². The van der Waals surface area contributed by atoms with Gasteiger partial charge in [-0.15, -0.1) is 0 Å². The Balaban J connectivity index is 3.85. The van der Waals surface area contributed by atoms with Crippen LogP contribution in [0, 0.1) is 11.3 Å². The van der Waals surface area contributed by atoms with E-state index in [4.69, 9.17) is 11.0 Å². The highest BCUT2D eigenvalue weighted by molar-refractivity contribution is 5.74. The number of nitrogens with one attached hydrogen (secondary N) is 1. The number of nitriles is 1. The molecule has 0 rings (SSSR count). The van der Waals surface area contributed by atoms with Crippen LogP contribution >= 0.6 is 0 Å². The molecule has 4 nitrogen and oxygen atoms in total. The van der Waals surface area contributed by atoms with E-state index in [9.17, 15) is 4.79 Å². The molecule has 3 N–H and O–H groups in total. The Morgan fingerprint density at radius 3 is 2.67 bits per heavy atom. The van der Waals surface area contributed by atoms with Gasteiger partial charge >= 0.3 is 0 Å². The average molecular weight is 169 g/mol. The van der Waals surface area contributed by atoms with Crippen molar-refractivity contribution in [2.45, 2.75) is 38.8 Å². The molecule has 0 aromatic carbocycles. The molecule has 68 valence electrons. The Labute approximate surface area is 72.7 Å². The lowest BCUT2D eigenvalue weighted by atomic mass is 10.1. The Kier molecular flexibility index (Phi) is 5.06. The van der Waals surface area contributed by atoms with Gasteiger partial charge in [0.15, 0.2) is 0 Å². The molecule has 0 aromatic rings. The third-order valence-corrected chi connectivity index (χ3v) is 1.66. The highest BCUT2D eigenvalue weighted by Crippen LogP contribution is 1.95. The van der Waals surface area contributed by atoms with E-state index in [0.717, 1.165) is 6.42 Å². The number of primary amides is 1. The fourth-order valence-electron chi connectivity index (χ4n) is 0.804. The molecule has 1 amide bonds. The largest absolute Gasteiger partial charge is 0.370 e. The van der Waals surface area contributed by atoms with Gasteiger partial charge in [0.05, 0.1) is 12.5 Å². The first kappa shape index (κ1) is 10.9. The highest BCUT2D eigenvalue weighted by atomic mass is 16.1. The van der Waals surface area contributed by atoms with Crippen molar-refractivity contribution in [2.24, 2.45) is 5.73 Å². The van der Waals surface area contributed by atoms with Gasteiger partial charge in [0.2, 0.25) is 5.91 Å². The lowest BCUT2D eigenvalue weighted by Crippen LogP contribution is -2.37. The molecule has 2 atom stereocenters. The van der Waals surface area contributed by atoms with Crippen LogP contribution in [0.25, 0.3) is 0 Å². The molecule has 0 radical (unpaired) electrons. The Hall–Kier alpha value is -1.08. The standard InChI is InChI=1S/C8H15N3O/c1-3-6(2)11-7(5-9)4-8(10)12/h6-7,11H,3-4H2,1-2H3,(H2,10,12). The Morgan fingerprint density at radius 2 is 2.33 bits per heavy atom. The predicted molar refractivity (Wildman–Crippen MR) is 46.1 cm³/mol. The van der Waals surface area contributed by atoms with Crippen LogP contribution < -0.4 is 11.1 Å². The maximum absolute atomic E-state index is 10.5. The van der Waals surface area contributed by atoms with Gasteiger partial charge in [-0.25, -0.2) is 0 Å². The van der Waals surface area contributed by atoms with E-state index in [1.54, 1.807) is 0 Å². The average Bonchev–Trinajstić information content (AvgIpc) is 2.02. The van der Waals surface area contributed by atoms with Gasteiger partial charge < -0.3 is 5.73 Å². The van der Waals surface area contributed by atoms with Gasteiger partial charge in [-0.05, 0) is 13.3 Å². The number of nitrogens with two attached hydrogens (primary N) is 1. The van der Waals surface area contributed by atoms with Crippen molar-refractivity contribution in [3.63, 3.8) is 0 Å². The van der Waals surface area contributed by atoms with Crippen molar-refractivity contribution in [1.82, 2.24) is 5.32 Å². The van der Waals surface area contributed by atoms with E-state index >= 15 is 0 Å². The number of carbonyl (C=O) groups excluding carboxylic acids is 1. The molecular weight excluding hydrogens is 154 g/mol. The fourth-order valence-corrected chi connectivity index (χ4v) is 0.804. The van der Waals surface area contributed by atoms with Crippen LogP contribution in [0.5, 0.6) is 0 Å². The zero-order valence-electron chi connectivity index (χ0n) is 7.50. The second-order valence-corrected chi connectivity index (χ2v) is 2.83. The van der Waals surface area contributed by atoms with Gasteiger partial charge in [0.1, 0.15) is 6.04 Å². The van der Waals surface area contributed by atoms with Crippen molar-refractivity contribution in [3.8, 4) is 6.07 Å². The van der Waals surface area contributed by atoms with Gasteiger partial charge in [0, 0.05) is 6.04 Å². The van der Waals surface area contributed by atoms with Gasteiger partial charge in [-0.2, -0.15) is 5.26 Å². The van der Waals surface area contributed by atoms with E-state index in [-0.39, 0.29) is 12.5 Å². The van der Waals surface area contributed by atoms with E-state index in [2.05, 4.69) is 5.32 Å². The van der Waals surface area contributed by atoms with Gasteiger partial charge in [-0.1, -0.05) is 6.92 Å². The molecule has 2 unspecified atom stereocenters. The zero-order chi connectivity index (χ0) is 9.56. The summed E-state index contributed by atoms with van der Waals surface area (Å²) in [5, 5.41) is 11.6. The van der Waals surface area contributed by atoms with Gasteiger partial charge in [-0.3, -0.25) is 10.1 Å². The second kappa shape index (κ2) is 5.56. The van der Waals surface area contributed by atoms with Crippen LogP contribution in [-0.4, -0.2) is 18.0 Å². The monoisotopic (exact) mass is 169 g/mol. The number of hydrogen-bond acceptors (Lipinski definition) is 3. The first-order chi connectivity index (χ1) is 5.60. The van der Waals surface area contributed by atoms with Crippen LogP contribution in [-0.2, 0) is 4.79 Å². The molecule has 0 aromatic heterocycles.